The van der Waals surface area contributed by atoms with E-state index in [0.717, 1.165) is 11.3 Å². The number of amides is 1. The first-order valence-electron chi connectivity index (χ1n) is 6.57. The van der Waals surface area contributed by atoms with E-state index < -0.39 is 0 Å². The van der Waals surface area contributed by atoms with Crippen LogP contribution in [0.4, 0.5) is 5.95 Å². The lowest BCUT2D eigenvalue weighted by molar-refractivity contribution is -0.114. The summed E-state index contributed by atoms with van der Waals surface area (Å²) in [5, 5.41) is 2.53. The van der Waals surface area contributed by atoms with Gasteiger partial charge in [0.2, 0.25) is 11.9 Å². The lowest BCUT2D eigenvalue weighted by Crippen LogP contribution is -2.09. The molecule has 22 heavy (non-hydrogen) atoms. The van der Waals surface area contributed by atoms with Crippen molar-refractivity contribution in [2.75, 3.05) is 12.4 Å². The molecule has 110 valence electrons. The van der Waals surface area contributed by atoms with Crippen molar-refractivity contribution in [3.8, 4) is 17.0 Å². The normalized spacial score (nSPS) is 10.5. The Labute approximate surface area is 126 Å². The molecular weight excluding hydrogens is 282 g/mol. The standard InChI is InChI=1S/C15H13N5O2/c1-9(21)18-15-17-8-13-14(20-15)19-12(7-16-13)10-3-5-11(22-2)6-4-10/h3-8H,1-2H3,(H,17,18,19,20,21). The van der Waals surface area contributed by atoms with Crippen molar-refractivity contribution in [3.05, 3.63) is 36.7 Å². The molecule has 1 amide bonds. The van der Waals surface area contributed by atoms with E-state index in [1.165, 1.54) is 13.1 Å². The summed E-state index contributed by atoms with van der Waals surface area (Å²) >= 11 is 0. The van der Waals surface area contributed by atoms with Crippen LogP contribution in [0.5, 0.6) is 5.75 Å². The summed E-state index contributed by atoms with van der Waals surface area (Å²) in [4.78, 5) is 28.0. The molecule has 3 rings (SSSR count). The van der Waals surface area contributed by atoms with Gasteiger partial charge in [0, 0.05) is 12.5 Å². The average Bonchev–Trinajstić information content (AvgIpc) is 2.54. The number of rotatable bonds is 3. The molecule has 0 fully saturated rings. The fraction of sp³-hybridized carbons (Fsp3) is 0.133. The molecule has 0 aliphatic rings. The predicted molar refractivity (Wildman–Crippen MR) is 81.4 cm³/mol. The molecule has 1 aromatic carbocycles. The summed E-state index contributed by atoms with van der Waals surface area (Å²) in [7, 11) is 1.62. The van der Waals surface area contributed by atoms with Crippen LogP contribution < -0.4 is 10.1 Å². The molecule has 0 aliphatic carbocycles. The molecule has 0 spiro atoms. The Kier molecular flexibility index (Phi) is 3.61. The summed E-state index contributed by atoms with van der Waals surface area (Å²) in [6, 6.07) is 7.49. The third-order valence-electron chi connectivity index (χ3n) is 2.98. The second kappa shape index (κ2) is 5.72. The fourth-order valence-corrected chi connectivity index (χ4v) is 1.93. The van der Waals surface area contributed by atoms with Gasteiger partial charge in [0.25, 0.3) is 0 Å². The molecular formula is C15H13N5O2. The maximum atomic E-state index is 11.1. The van der Waals surface area contributed by atoms with Crippen molar-refractivity contribution in [2.45, 2.75) is 6.92 Å². The van der Waals surface area contributed by atoms with Gasteiger partial charge in [0.15, 0.2) is 5.65 Å². The van der Waals surface area contributed by atoms with Crippen LogP contribution in [0.3, 0.4) is 0 Å². The summed E-state index contributed by atoms with van der Waals surface area (Å²) in [5.41, 5.74) is 2.57. The topological polar surface area (TPSA) is 89.9 Å². The lowest BCUT2D eigenvalue weighted by atomic mass is 10.1. The Morgan fingerprint density at radius 2 is 1.86 bits per heavy atom. The molecule has 0 aliphatic heterocycles. The molecule has 0 saturated carbocycles. The first-order valence-corrected chi connectivity index (χ1v) is 6.57. The quantitative estimate of drug-likeness (QED) is 0.795. The second-order valence-electron chi connectivity index (χ2n) is 4.57. The van der Waals surface area contributed by atoms with Crippen LogP contribution in [0.25, 0.3) is 22.4 Å². The number of aromatic nitrogens is 4. The van der Waals surface area contributed by atoms with E-state index in [4.69, 9.17) is 4.74 Å². The molecule has 0 unspecified atom stereocenters. The van der Waals surface area contributed by atoms with Crippen molar-refractivity contribution >= 4 is 23.0 Å². The second-order valence-corrected chi connectivity index (χ2v) is 4.57. The highest BCUT2D eigenvalue weighted by Crippen LogP contribution is 2.21. The fourth-order valence-electron chi connectivity index (χ4n) is 1.93. The molecule has 0 radical (unpaired) electrons. The van der Waals surface area contributed by atoms with Crippen LogP contribution in [-0.4, -0.2) is 33.0 Å². The minimum Gasteiger partial charge on any atom is -0.497 e. The van der Waals surface area contributed by atoms with Gasteiger partial charge < -0.3 is 4.74 Å². The van der Waals surface area contributed by atoms with E-state index in [9.17, 15) is 4.79 Å². The van der Waals surface area contributed by atoms with Gasteiger partial charge in [0.05, 0.1) is 25.2 Å². The molecule has 1 N–H and O–H groups in total. The van der Waals surface area contributed by atoms with E-state index in [0.29, 0.717) is 16.9 Å². The number of anilines is 1. The Bertz CT molecular complexity index is 833. The zero-order valence-electron chi connectivity index (χ0n) is 12.1. The Morgan fingerprint density at radius 1 is 1.09 bits per heavy atom. The van der Waals surface area contributed by atoms with Gasteiger partial charge in [0.1, 0.15) is 11.3 Å². The number of benzene rings is 1. The van der Waals surface area contributed by atoms with E-state index >= 15 is 0 Å². The highest BCUT2D eigenvalue weighted by molar-refractivity contribution is 5.87. The molecule has 2 aromatic heterocycles. The Balaban J connectivity index is 2.01. The van der Waals surface area contributed by atoms with E-state index in [-0.39, 0.29) is 11.9 Å². The monoisotopic (exact) mass is 295 g/mol. The van der Waals surface area contributed by atoms with Crippen molar-refractivity contribution in [1.29, 1.82) is 0 Å². The van der Waals surface area contributed by atoms with Gasteiger partial charge in [-0.3, -0.25) is 10.1 Å². The zero-order valence-corrected chi connectivity index (χ0v) is 12.1. The van der Waals surface area contributed by atoms with Crippen molar-refractivity contribution in [1.82, 2.24) is 19.9 Å². The summed E-state index contributed by atoms with van der Waals surface area (Å²) < 4.78 is 5.13. The van der Waals surface area contributed by atoms with Crippen LogP contribution in [0, 0.1) is 0 Å². The zero-order chi connectivity index (χ0) is 15.5. The van der Waals surface area contributed by atoms with Gasteiger partial charge in [-0.25, -0.2) is 15.0 Å². The first-order chi connectivity index (χ1) is 10.7. The highest BCUT2D eigenvalue weighted by atomic mass is 16.5. The third kappa shape index (κ3) is 2.83. The number of ether oxygens (including phenoxy) is 1. The maximum absolute atomic E-state index is 11.1. The van der Waals surface area contributed by atoms with Gasteiger partial charge in [-0.05, 0) is 24.3 Å². The van der Waals surface area contributed by atoms with E-state index in [1.807, 2.05) is 24.3 Å². The number of carbonyl (C=O) groups is 1. The number of fused-ring (bicyclic) bond motifs is 1. The predicted octanol–water partition coefficient (Wildman–Crippen LogP) is 2.05. The van der Waals surface area contributed by atoms with Crippen molar-refractivity contribution < 1.29 is 9.53 Å². The number of methoxy groups -OCH3 is 1. The smallest absolute Gasteiger partial charge is 0.231 e. The van der Waals surface area contributed by atoms with E-state index in [1.54, 1.807) is 13.3 Å². The van der Waals surface area contributed by atoms with Gasteiger partial charge >= 0.3 is 0 Å². The molecule has 2 heterocycles. The molecule has 3 aromatic rings. The van der Waals surface area contributed by atoms with Crippen LogP contribution >= 0.6 is 0 Å². The third-order valence-corrected chi connectivity index (χ3v) is 2.98. The number of hydrogen-bond donors (Lipinski definition) is 1. The average molecular weight is 295 g/mol. The van der Waals surface area contributed by atoms with Crippen molar-refractivity contribution in [3.63, 3.8) is 0 Å². The summed E-state index contributed by atoms with van der Waals surface area (Å²) in [6.45, 7) is 1.40. The number of nitrogens with one attached hydrogen (secondary N) is 1. The van der Waals surface area contributed by atoms with Crippen molar-refractivity contribution in [2.24, 2.45) is 0 Å². The molecule has 0 atom stereocenters. The SMILES string of the molecule is COc1ccc(-c2cnc3cnc(NC(C)=O)nc3n2)cc1. The minimum absolute atomic E-state index is 0.209. The summed E-state index contributed by atoms with van der Waals surface area (Å²) in [5.74, 6) is 0.743. The van der Waals surface area contributed by atoms with Crippen LogP contribution in [0.2, 0.25) is 0 Å². The highest BCUT2D eigenvalue weighted by Gasteiger charge is 2.07. The lowest BCUT2D eigenvalue weighted by Gasteiger charge is -2.05. The Morgan fingerprint density at radius 3 is 2.55 bits per heavy atom. The molecule has 0 saturated heterocycles. The van der Waals surface area contributed by atoms with Gasteiger partial charge in [-0.15, -0.1) is 0 Å². The van der Waals surface area contributed by atoms with Crippen LogP contribution in [-0.2, 0) is 4.79 Å². The van der Waals surface area contributed by atoms with Crippen LogP contribution in [0.15, 0.2) is 36.7 Å². The maximum Gasteiger partial charge on any atom is 0.231 e. The minimum atomic E-state index is -0.237. The molecule has 7 heteroatoms. The molecule has 0 bridgehead atoms. The molecule has 7 nitrogen and oxygen atoms in total. The largest absolute Gasteiger partial charge is 0.497 e. The first kappa shape index (κ1) is 13.9. The Hall–Kier alpha value is -3.09. The summed E-state index contributed by atoms with van der Waals surface area (Å²) in [6.07, 6.45) is 3.18. The number of hydrogen-bond acceptors (Lipinski definition) is 6. The van der Waals surface area contributed by atoms with E-state index in [2.05, 4.69) is 25.3 Å². The number of carbonyl (C=O) groups excluding carboxylic acids is 1. The van der Waals surface area contributed by atoms with Gasteiger partial charge in [-0.1, -0.05) is 0 Å². The van der Waals surface area contributed by atoms with Crippen LogP contribution in [0.1, 0.15) is 6.92 Å². The van der Waals surface area contributed by atoms with Gasteiger partial charge in [-0.2, -0.15) is 4.98 Å². The number of nitrogens with zero attached hydrogens (tertiary/aromatic N) is 4.